The Morgan fingerprint density at radius 3 is 2.35 bits per heavy atom. The van der Waals surface area contributed by atoms with Crippen molar-refractivity contribution in [3.8, 4) is 23.0 Å². The highest BCUT2D eigenvalue weighted by molar-refractivity contribution is 9.10. The Balaban J connectivity index is 1.95. The van der Waals surface area contributed by atoms with Crippen LogP contribution in [0.25, 0.3) is 6.08 Å². The highest BCUT2D eigenvalue weighted by Crippen LogP contribution is 2.40. The topological polar surface area (TPSA) is 97.6 Å². The lowest BCUT2D eigenvalue weighted by Gasteiger charge is -2.26. The van der Waals surface area contributed by atoms with Crippen molar-refractivity contribution in [1.29, 1.82) is 0 Å². The average molecular weight is 632 g/mol. The van der Waals surface area contributed by atoms with Crippen molar-refractivity contribution >= 4 is 39.3 Å². The number of fused-ring (bicyclic) bond motifs is 1. The van der Waals surface area contributed by atoms with Crippen molar-refractivity contribution < 1.29 is 28.5 Å². The summed E-state index contributed by atoms with van der Waals surface area (Å²) in [6.07, 6.45) is 1.76. The predicted molar refractivity (Wildman–Crippen MR) is 156 cm³/mol. The van der Waals surface area contributed by atoms with Gasteiger partial charge < -0.3 is 23.7 Å². The number of allylic oxidation sites excluding steroid dienone is 1. The van der Waals surface area contributed by atoms with Gasteiger partial charge in [-0.25, -0.2) is 9.79 Å². The van der Waals surface area contributed by atoms with Crippen LogP contribution in [0.3, 0.4) is 0 Å². The first-order chi connectivity index (χ1) is 19.1. The number of benzene rings is 2. The maximum atomic E-state index is 14.0. The Bertz CT molecular complexity index is 1660. The molecule has 9 nitrogen and oxygen atoms in total. The molecule has 1 aliphatic rings. The molecule has 1 atom stereocenters. The van der Waals surface area contributed by atoms with E-state index in [0.717, 1.165) is 5.56 Å². The molecule has 0 N–H and O–H groups in total. The van der Waals surface area contributed by atoms with Gasteiger partial charge in [0.2, 0.25) is 0 Å². The maximum Gasteiger partial charge on any atom is 0.338 e. The maximum absolute atomic E-state index is 14.0. The van der Waals surface area contributed by atoms with Crippen LogP contribution in [0, 0.1) is 0 Å². The van der Waals surface area contributed by atoms with Gasteiger partial charge in [-0.05, 0) is 69.2 Å². The van der Waals surface area contributed by atoms with Gasteiger partial charge in [-0.15, -0.1) is 0 Å². The second-order valence-corrected chi connectivity index (χ2v) is 11.0. The van der Waals surface area contributed by atoms with Gasteiger partial charge in [-0.3, -0.25) is 9.36 Å². The summed E-state index contributed by atoms with van der Waals surface area (Å²) in [6.45, 7) is 7.53. The molecule has 212 valence electrons. The Labute approximate surface area is 244 Å². The number of aromatic nitrogens is 1. The first-order valence-corrected chi connectivity index (χ1v) is 14.2. The molecule has 0 saturated carbocycles. The van der Waals surface area contributed by atoms with Gasteiger partial charge >= 0.3 is 5.97 Å². The van der Waals surface area contributed by atoms with Crippen molar-refractivity contribution in [3.05, 3.63) is 76.9 Å². The molecule has 0 fully saturated rings. The summed E-state index contributed by atoms with van der Waals surface area (Å²) in [6, 6.07) is 8.16. The number of esters is 1. The Morgan fingerprint density at radius 1 is 1.07 bits per heavy atom. The molecule has 0 radical (unpaired) electrons. The molecule has 0 spiro atoms. The molecule has 4 rings (SSSR count). The Kier molecular flexibility index (Phi) is 9.05. The van der Waals surface area contributed by atoms with Crippen LogP contribution in [0.5, 0.6) is 23.0 Å². The fraction of sp³-hybridized carbons (Fsp3) is 0.345. The normalized spacial score (nSPS) is 15.0. The molecule has 2 aromatic carbocycles. The van der Waals surface area contributed by atoms with Crippen LogP contribution in [0.4, 0.5) is 0 Å². The molecule has 40 heavy (non-hydrogen) atoms. The lowest BCUT2D eigenvalue weighted by molar-refractivity contribution is -0.139. The first kappa shape index (κ1) is 29.4. The second kappa shape index (κ2) is 12.3. The molecule has 0 saturated heterocycles. The summed E-state index contributed by atoms with van der Waals surface area (Å²) in [5, 5.41) is 0. The molecule has 0 bridgehead atoms. The Morgan fingerprint density at radius 2 is 1.73 bits per heavy atom. The van der Waals surface area contributed by atoms with Gasteiger partial charge in [-0.2, -0.15) is 0 Å². The quantitative estimate of drug-likeness (QED) is 0.324. The molecule has 0 unspecified atom stereocenters. The second-order valence-electron chi connectivity index (χ2n) is 9.11. The fourth-order valence-corrected chi connectivity index (χ4v) is 6.03. The van der Waals surface area contributed by atoms with Gasteiger partial charge in [0.05, 0.1) is 55.9 Å². The molecule has 11 heteroatoms. The van der Waals surface area contributed by atoms with E-state index in [1.54, 1.807) is 39.2 Å². The number of rotatable bonds is 9. The molecule has 1 aromatic heterocycles. The van der Waals surface area contributed by atoms with Gasteiger partial charge in [0.25, 0.3) is 5.56 Å². The lowest BCUT2D eigenvalue weighted by Crippen LogP contribution is -2.40. The van der Waals surface area contributed by atoms with Crippen LogP contribution >= 0.6 is 27.3 Å². The molecular weight excluding hydrogens is 600 g/mol. The predicted octanol–water partition coefficient (Wildman–Crippen LogP) is 4.37. The van der Waals surface area contributed by atoms with Crippen LogP contribution in [0.1, 0.15) is 44.9 Å². The highest BCUT2D eigenvalue weighted by atomic mass is 79.9. The van der Waals surface area contributed by atoms with E-state index in [2.05, 4.69) is 20.9 Å². The number of hydrogen-bond donors (Lipinski definition) is 0. The number of halogens is 1. The molecular formula is C29H31BrN2O7S. The summed E-state index contributed by atoms with van der Waals surface area (Å²) >= 11 is 4.85. The number of carbonyl (C=O) groups excluding carboxylic acids is 1. The third-order valence-electron chi connectivity index (χ3n) is 6.16. The van der Waals surface area contributed by atoms with Crippen LogP contribution < -0.4 is 33.8 Å². The number of methoxy groups -OCH3 is 3. The van der Waals surface area contributed by atoms with E-state index in [1.165, 1.54) is 30.1 Å². The van der Waals surface area contributed by atoms with Gasteiger partial charge in [0, 0.05) is 4.47 Å². The molecule has 3 aromatic rings. The minimum absolute atomic E-state index is 0.0174. The van der Waals surface area contributed by atoms with E-state index in [4.69, 9.17) is 23.7 Å². The van der Waals surface area contributed by atoms with E-state index in [1.807, 2.05) is 32.0 Å². The van der Waals surface area contributed by atoms with E-state index in [0.29, 0.717) is 48.1 Å². The summed E-state index contributed by atoms with van der Waals surface area (Å²) < 4.78 is 30.3. The summed E-state index contributed by atoms with van der Waals surface area (Å²) in [5.74, 6) is 1.58. The average Bonchev–Trinajstić information content (AvgIpc) is 3.22. The van der Waals surface area contributed by atoms with Gasteiger partial charge in [0.1, 0.15) is 0 Å². The van der Waals surface area contributed by atoms with Gasteiger partial charge in [-0.1, -0.05) is 33.3 Å². The van der Waals surface area contributed by atoms with Crippen LogP contribution in [-0.2, 0) is 9.53 Å². The molecule has 0 amide bonds. The van der Waals surface area contributed by atoms with Crippen molar-refractivity contribution in [2.24, 2.45) is 4.99 Å². The number of thiazole rings is 1. The van der Waals surface area contributed by atoms with E-state index in [9.17, 15) is 9.59 Å². The minimum Gasteiger partial charge on any atom is -0.493 e. The third-order valence-corrected chi connectivity index (χ3v) is 7.83. The zero-order chi connectivity index (χ0) is 29.1. The van der Waals surface area contributed by atoms with Crippen molar-refractivity contribution in [2.75, 3.05) is 27.9 Å². The van der Waals surface area contributed by atoms with E-state index < -0.39 is 12.0 Å². The number of carbonyl (C=O) groups is 1. The standard InChI is InChI=1S/C29H31BrN2O7S/c1-8-38-28(34)25-16(4)31-29-32(26(25)18-13-22(36-6)23(37-7)14-19(18)30)27(33)24(40-29)12-17-9-10-20(39-15(2)3)21(11-17)35-5/h9-15,26H,8H2,1-7H3/b24-12-/t26-/m1/s1. The Hall–Kier alpha value is -3.57. The number of nitrogens with zero attached hydrogens (tertiary/aromatic N) is 2. The zero-order valence-corrected chi connectivity index (χ0v) is 25.8. The summed E-state index contributed by atoms with van der Waals surface area (Å²) in [5.41, 5.74) is 1.81. The van der Waals surface area contributed by atoms with Crippen LogP contribution in [0.2, 0.25) is 0 Å². The lowest BCUT2D eigenvalue weighted by atomic mass is 9.95. The number of hydrogen-bond acceptors (Lipinski definition) is 9. The van der Waals surface area contributed by atoms with Gasteiger partial charge in [0.15, 0.2) is 27.8 Å². The minimum atomic E-state index is -0.817. The first-order valence-electron chi connectivity index (χ1n) is 12.6. The smallest absolute Gasteiger partial charge is 0.338 e. The van der Waals surface area contributed by atoms with E-state index >= 15 is 0 Å². The summed E-state index contributed by atoms with van der Waals surface area (Å²) in [4.78, 5) is 32.3. The van der Waals surface area contributed by atoms with Crippen molar-refractivity contribution in [1.82, 2.24) is 4.57 Å². The fourth-order valence-electron chi connectivity index (χ4n) is 4.44. The van der Waals surface area contributed by atoms with Crippen molar-refractivity contribution in [2.45, 2.75) is 39.8 Å². The summed E-state index contributed by atoms with van der Waals surface area (Å²) in [7, 11) is 4.64. The van der Waals surface area contributed by atoms with Crippen molar-refractivity contribution in [3.63, 3.8) is 0 Å². The largest absolute Gasteiger partial charge is 0.493 e. The molecule has 2 heterocycles. The zero-order valence-electron chi connectivity index (χ0n) is 23.4. The van der Waals surface area contributed by atoms with E-state index in [-0.39, 0.29) is 23.8 Å². The monoisotopic (exact) mass is 630 g/mol. The molecule has 0 aliphatic carbocycles. The number of ether oxygens (including phenoxy) is 5. The third kappa shape index (κ3) is 5.66. The molecule has 1 aliphatic heterocycles. The van der Waals surface area contributed by atoms with Crippen LogP contribution in [0.15, 0.2) is 55.9 Å². The SMILES string of the molecule is CCOC(=O)C1=C(C)N=c2s/c(=C\c3ccc(OC(C)C)c(OC)c3)c(=O)n2[C@@H]1c1cc(OC)c(OC)cc1Br. The highest BCUT2D eigenvalue weighted by Gasteiger charge is 2.35. The van der Waals surface area contributed by atoms with Crippen LogP contribution in [-0.4, -0.2) is 44.6 Å².